The average molecular weight is 477 g/mol. The zero-order valence-electron chi connectivity index (χ0n) is 18.4. The number of amides is 2. The SMILES string of the molecule is O=C1NC(=O)C(=Cc2ccnc(N3CCC(CNCc4ccnc(-c5ccn[nH]5)c4)CC3)n2)S1. The molecule has 3 N–H and O–H groups in total. The molecule has 3 aromatic rings. The Morgan fingerprint density at radius 3 is 2.74 bits per heavy atom. The van der Waals surface area contributed by atoms with Gasteiger partial charge in [0.15, 0.2) is 0 Å². The summed E-state index contributed by atoms with van der Waals surface area (Å²) < 4.78 is 0. The van der Waals surface area contributed by atoms with Crippen molar-refractivity contribution in [1.82, 2.24) is 35.8 Å². The van der Waals surface area contributed by atoms with E-state index < -0.39 is 0 Å². The predicted molar refractivity (Wildman–Crippen MR) is 130 cm³/mol. The maximum absolute atomic E-state index is 11.8. The van der Waals surface area contributed by atoms with Gasteiger partial charge in [0.2, 0.25) is 5.95 Å². The number of carbonyl (C=O) groups excluding carboxylic acids is 2. The van der Waals surface area contributed by atoms with Gasteiger partial charge >= 0.3 is 0 Å². The quantitative estimate of drug-likeness (QED) is 0.441. The van der Waals surface area contributed by atoms with E-state index in [0.29, 0.717) is 22.5 Å². The van der Waals surface area contributed by atoms with Gasteiger partial charge in [-0.05, 0) is 73.0 Å². The lowest BCUT2D eigenvalue weighted by atomic mass is 9.97. The number of thioether (sulfide) groups is 1. The first-order valence-corrected chi connectivity index (χ1v) is 11.9. The molecule has 0 unspecified atom stereocenters. The molecule has 2 aliphatic rings. The molecular formula is C23H24N8O2S. The molecule has 0 aliphatic carbocycles. The van der Waals surface area contributed by atoms with Gasteiger partial charge in [-0.3, -0.25) is 25.0 Å². The Kier molecular flexibility index (Phi) is 6.63. The lowest BCUT2D eigenvalue weighted by Gasteiger charge is -2.32. The van der Waals surface area contributed by atoms with Crippen LogP contribution in [0.4, 0.5) is 10.7 Å². The normalized spacial score (nSPS) is 18.0. The second-order valence-corrected chi connectivity index (χ2v) is 9.23. The van der Waals surface area contributed by atoms with Gasteiger partial charge in [0.25, 0.3) is 11.1 Å². The summed E-state index contributed by atoms with van der Waals surface area (Å²) in [6.45, 7) is 3.49. The number of aromatic nitrogens is 5. The molecule has 2 saturated heterocycles. The highest BCUT2D eigenvalue weighted by Crippen LogP contribution is 2.26. The summed E-state index contributed by atoms with van der Waals surface area (Å²) >= 11 is 0.889. The minimum absolute atomic E-state index is 0.352. The lowest BCUT2D eigenvalue weighted by Crippen LogP contribution is -2.38. The highest BCUT2D eigenvalue weighted by Gasteiger charge is 2.25. The first kappa shape index (κ1) is 22.2. The van der Waals surface area contributed by atoms with Crippen molar-refractivity contribution in [3.63, 3.8) is 0 Å². The third-order valence-electron chi connectivity index (χ3n) is 5.85. The van der Waals surface area contributed by atoms with Gasteiger partial charge in [-0.2, -0.15) is 5.10 Å². The minimum atomic E-state index is -0.382. The van der Waals surface area contributed by atoms with E-state index >= 15 is 0 Å². The van der Waals surface area contributed by atoms with Gasteiger partial charge in [0.1, 0.15) is 0 Å². The number of H-pyrrole nitrogens is 1. The first-order chi connectivity index (χ1) is 16.6. The number of aromatic amines is 1. The third kappa shape index (κ3) is 5.32. The van der Waals surface area contributed by atoms with Crippen LogP contribution in [-0.2, 0) is 11.3 Å². The number of rotatable bonds is 7. The molecule has 34 heavy (non-hydrogen) atoms. The average Bonchev–Trinajstić information content (AvgIpc) is 3.50. The van der Waals surface area contributed by atoms with E-state index in [-0.39, 0.29) is 11.1 Å². The number of nitrogens with one attached hydrogen (secondary N) is 3. The Balaban J connectivity index is 1.11. The van der Waals surface area contributed by atoms with Crippen molar-refractivity contribution in [2.24, 2.45) is 5.92 Å². The van der Waals surface area contributed by atoms with Crippen LogP contribution in [0.15, 0.2) is 47.8 Å². The van der Waals surface area contributed by atoms with Crippen molar-refractivity contribution in [2.45, 2.75) is 19.4 Å². The number of nitrogens with zero attached hydrogens (tertiary/aromatic N) is 5. The van der Waals surface area contributed by atoms with Crippen LogP contribution in [0.3, 0.4) is 0 Å². The van der Waals surface area contributed by atoms with Crippen LogP contribution < -0.4 is 15.5 Å². The Morgan fingerprint density at radius 2 is 1.97 bits per heavy atom. The van der Waals surface area contributed by atoms with E-state index in [4.69, 9.17) is 0 Å². The van der Waals surface area contributed by atoms with Crippen LogP contribution >= 0.6 is 11.8 Å². The summed E-state index contributed by atoms with van der Waals surface area (Å²) in [5, 5.41) is 12.4. The molecule has 2 aliphatic heterocycles. The largest absolute Gasteiger partial charge is 0.341 e. The standard InChI is InChI=1S/C23H24N8O2S/c32-21-20(34-23(33)29-21)12-17-2-7-26-22(28-17)31-9-4-15(5-10-31)13-24-14-16-1-6-25-19(11-16)18-3-8-27-30-18/h1-3,6-8,11-12,15,24H,4-5,9-10,13-14H2,(H,27,30)(H,29,32,33). The maximum atomic E-state index is 11.8. The number of anilines is 1. The molecule has 0 radical (unpaired) electrons. The van der Waals surface area contributed by atoms with Crippen molar-refractivity contribution >= 4 is 34.9 Å². The molecule has 2 amide bonds. The number of pyridine rings is 1. The summed E-state index contributed by atoms with van der Waals surface area (Å²) in [5.41, 5.74) is 3.61. The van der Waals surface area contributed by atoms with Crippen molar-refractivity contribution in [1.29, 1.82) is 0 Å². The molecule has 5 rings (SSSR count). The van der Waals surface area contributed by atoms with Gasteiger partial charge in [0.05, 0.1) is 22.0 Å². The number of piperidine rings is 1. The Hall–Kier alpha value is -3.57. The summed E-state index contributed by atoms with van der Waals surface area (Å²) in [7, 11) is 0. The summed E-state index contributed by atoms with van der Waals surface area (Å²) in [6.07, 6.45) is 8.96. The van der Waals surface area contributed by atoms with Gasteiger partial charge in [-0.15, -0.1) is 0 Å². The van der Waals surface area contributed by atoms with E-state index in [0.717, 1.165) is 62.2 Å². The van der Waals surface area contributed by atoms with E-state index in [1.54, 1.807) is 24.5 Å². The van der Waals surface area contributed by atoms with E-state index in [9.17, 15) is 9.59 Å². The molecule has 0 spiro atoms. The topological polar surface area (TPSA) is 129 Å². The summed E-state index contributed by atoms with van der Waals surface area (Å²) in [5.74, 6) is 0.853. The van der Waals surface area contributed by atoms with Gasteiger partial charge in [0, 0.05) is 38.2 Å². The lowest BCUT2D eigenvalue weighted by molar-refractivity contribution is -0.115. The molecule has 11 heteroatoms. The van der Waals surface area contributed by atoms with Crippen molar-refractivity contribution in [3.8, 4) is 11.4 Å². The van der Waals surface area contributed by atoms with E-state index in [1.165, 1.54) is 5.56 Å². The van der Waals surface area contributed by atoms with Gasteiger partial charge in [-0.1, -0.05) is 0 Å². The zero-order valence-corrected chi connectivity index (χ0v) is 19.2. The molecule has 174 valence electrons. The number of carbonyl (C=O) groups is 2. The van der Waals surface area contributed by atoms with Crippen LogP contribution in [0.5, 0.6) is 0 Å². The van der Waals surface area contributed by atoms with Gasteiger partial charge in [-0.25, -0.2) is 9.97 Å². The Bertz CT molecular complexity index is 1210. The molecule has 0 saturated carbocycles. The molecular weight excluding hydrogens is 452 g/mol. The number of imide groups is 1. The minimum Gasteiger partial charge on any atom is -0.341 e. The van der Waals surface area contributed by atoms with E-state index in [2.05, 4.69) is 46.7 Å². The fourth-order valence-corrected chi connectivity index (χ4v) is 4.70. The van der Waals surface area contributed by atoms with Crippen LogP contribution in [-0.4, -0.2) is 55.9 Å². The van der Waals surface area contributed by atoms with Crippen LogP contribution in [0.2, 0.25) is 0 Å². The Morgan fingerprint density at radius 1 is 1.12 bits per heavy atom. The molecule has 0 bridgehead atoms. The van der Waals surface area contributed by atoms with Gasteiger partial charge < -0.3 is 10.2 Å². The highest BCUT2D eigenvalue weighted by molar-refractivity contribution is 8.18. The second-order valence-electron chi connectivity index (χ2n) is 8.21. The van der Waals surface area contributed by atoms with E-state index in [1.807, 2.05) is 18.3 Å². The number of hydrogen-bond donors (Lipinski definition) is 3. The fourth-order valence-electron chi connectivity index (χ4n) is 4.04. The summed E-state index contributed by atoms with van der Waals surface area (Å²) in [4.78, 5) is 39.0. The number of hydrogen-bond acceptors (Lipinski definition) is 9. The molecule has 5 heterocycles. The first-order valence-electron chi connectivity index (χ1n) is 11.1. The third-order valence-corrected chi connectivity index (χ3v) is 6.66. The monoisotopic (exact) mass is 476 g/mol. The zero-order chi connectivity index (χ0) is 23.3. The van der Waals surface area contributed by atoms with Crippen molar-refractivity contribution in [3.05, 3.63) is 59.0 Å². The molecule has 2 fully saturated rings. The fraction of sp³-hybridized carbons (Fsp3) is 0.304. The van der Waals surface area contributed by atoms with Crippen LogP contribution in [0, 0.1) is 5.92 Å². The smallest absolute Gasteiger partial charge is 0.290 e. The molecule has 10 nitrogen and oxygen atoms in total. The Labute approximate surface area is 200 Å². The molecule has 0 aromatic carbocycles. The van der Waals surface area contributed by atoms with Crippen molar-refractivity contribution < 1.29 is 9.59 Å². The predicted octanol–water partition coefficient (Wildman–Crippen LogP) is 2.59. The second kappa shape index (κ2) is 10.1. The maximum Gasteiger partial charge on any atom is 0.290 e. The molecule has 0 atom stereocenters. The summed E-state index contributed by atoms with van der Waals surface area (Å²) in [6, 6.07) is 7.75. The van der Waals surface area contributed by atoms with Crippen molar-refractivity contribution in [2.75, 3.05) is 24.5 Å². The highest BCUT2D eigenvalue weighted by atomic mass is 32.2. The molecule has 3 aromatic heterocycles. The van der Waals surface area contributed by atoms with Crippen LogP contribution in [0.25, 0.3) is 17.5 Å². The van der Waals surface area contributed by atoms with Crippen LogP contribution in [0.1, 0.15) is 24.1 Å².